The van der Waals surface area contributed by atoms with Crippen molar-refractivity contribution in [1.82, 2.24) is 4.98 Å². The van der Waals surface area contributed by atoms with E-state index in [4.69, 9.17) is 15.3 Å². The Morgan fingerprint density at radius 1 is 1.00 bits per heavy atom. The van der Waals surface area contributed by atoms with Crippen LogP contribution in [0.15, 0.2) is 54.7 Å². The van der Waals surface area contributed by atoms with Gasteiger partial charge in [-0.2, -0.15) is 10.5 Å². The van der Waals surface area contributed by atoms with Crippen LogP contribution in [0.4, 0.5) is 5.69 Å². The zero-order valence-corrected chi connectivity index (χ0v) is 15.2. The number of nitrogens with one attached hydrogen (secondary N) is 1. The van der Waals surface area contributed by atoms with Crippen LogP contribution in [0.3, 0.4) is 0 Å². The molecule has 0 aliphatic carbocycles. The van der Waals surface area contributed by atoms with E-state index < -0.39 is 0 Å². The normalized spacial score (nSPS) is 9.93. The Bertz CT molecular complexity index is 1040. The Morgan fingerprint density at radius 3 is 2.44 bits per heavy atom. The molecule has 1 aromatic heterocycles. The van der Waals surface area contributed by atoms with E-state index in [9.17, 15) is 0 Å². The number of rotatable bonds is 5. The molecule has 0 saturated carbocycles. The van der Waals surface area contributed by atoms with Crippen LogP contribution in [0.2, 0.25) is 0 Å². The Kier molecular flexibility index (Phi) is 5.35. The summed E-state index contributed by atoms with van der Waals surface area (Å²) in [6.07, 6.45) is 1.83. The molecule has 0 fully saturated rings. The van der Waals surface area contributed by atoms with Crippen molar-refractivity contribution >= 4 is 5.69 Å². The van der Waals surface area contributed by atoms with Gasteiger partial charge >= 0.3 is 0 Å². The monoisotopic (exact) mass is 354 g/mol. The summed E-state index contributed by atoms with van der Waals surface area (Å²) in [5.74, 6) is 1.31. The maximum atomic E-state index is 9.05. The van der Waals surface area contributed by atoms with Crippen LogP contribution in [0.25, 0.3) is 0 Å². The molecule has 27 heavy (non-hydrogen) atoms. The number of nitriles is 2. The van der Waals surface area contributed by atoms with Gasteiger partial charge in [-0.25, -0.2) is 0 Å². The standard InChI is InChI=1S/C22H18N4O/c1-15-19(14-26-20-8-6-17(11-23)7-9-20)13-25-16(2)22(15)27-21-5-3-4-18(10-21)12-24/h3-10,13,26H,14H2,1-2H3. The number of aromatic nitrogens is 1. The maximum Gasteiger partial charge on any atom is 0.151 e. The van der Waals surface area contributed by atoms with Crippen molar-refractivity contribution in [2.45, 2.75) is 20.4 Å². The average molecular weight is 354 g/mol. The Labute approximate surface area is 158 Å². The van der Waals surface area contributed by atoms with Crippen LogP contribution in [0.1, 0.15) is 27.9 Å². The number of hydrogen-bond acceptors (Lipinski definition) is 5. The van der Waals surface area contributed by atoms with E-state index in [1.165, 1.54) is 0 Å². The summed E-state index contributed by atoms with van der Waals surface area (Å²) in [6, 6.07) is 18.6. The molecule has 0 radical (unpaired) electrons. The van der Waals surface area contributed by atoms with Crippen LogP contribution in [-0.4, -0.2) is 4.98 Å². The van der Waals surface area contributed by atoms with E-state index in [-0.39, 0.29) is 0 Å². The summed E-state index contributed by atoms with van der Waals surface area (Å²) in [6.45, 7) is 4.47. The lowest BCUT2D eigenvalue weighted by molar-refractivity contribution is 0.470. The summed E-state index contributed by atoms with van der Waals surface area (Å²) >= 11 is 0. The highest BCUT2D eigenvalue weighted by Crippen LogP contribution is 2.30. The minimum absolute atomic E-state index is 0.550. The molecular weight excluding hydrogens is 336 g/mol. The minimum Gasteiger partial charge on any atom is -0.455 e. The molecule has 3 rings (SSSR count). The third-order valence-corrected chi connectivity index (χ3v) is 4.24. The van der Waals surface area contributed by atoms with Crippen LogP contribution in [-0.2, 0) is 6.54 Å². The van der Waals surface area contributed by atoms with Crippen LogP contribution in [0, 0.1) is 36.5 Å². The zero-order chi connectivity index (χ0) is 19.2. The molecular formula is C22H18N4O. The third kappa shape index (κ3) is 4.23. The molecule has 0 saturated heterocycles. The van der Waals surface area contributed by atoms with Crippen molar-refractivity contribution in [2.24, 2.45) is 0 Å². The highest BCUT2D eigenvalue weighted by molar-refractivity contribution is 5.50. The Balaban J connectivity index is 1.80. The minimum atomic E-state index is 0.550. The molecule has 132 valence electrons. The fraction of sp³-hybridized carbons (Fsp3) is 0.136. The van der Waals surface area contributed by atoms with E-state index in [0.29, 0.717) is 29.2 Å². The molecule has 0 spiro atoms. The largest absolute Gasteiger partial charge is 0.455 e. The lowest BCUT2D eigenvalue weighted by Gasteiger charge is -2.15. The molecule has 0 amide bonds. The molecule has 1 heterocycles. The van der Waals surface area contributed by atoms with Gasteiger partial charge < -0.3 is 10.1 Å². The number of nitrogens with zero attached hydrogens (tertiary/aromatic N) is 3. The van der Waals surface area contributed by atoms with Gasteiger partial charge in [0.05, 0.1) is 29.0 Å². The quantitative estimate of drug-likeness (QED) is 0.708. The van der Waals surface area contributed by atoms with Crippen molar-refractivity contribution < 1.29 is 4.74 Å². The fourth-order valence-corrected chi connectivity index (χ4v) is 2.68. The highest BCUT2D eigenvalue weighted by atomic mass is 16.5. The number of aryl methyl sites for hydroxylation is 1. The second kappa shape index (κ2) is 8.03. The summed E-state index contributed by atoms with van der Waals surface area (Å²) in [5, 5.41) is 21.3. The Morgan fingerprint density at radius 2 is 1.74 bits per heavy atom. The van der Waals surface area contributed by atoms with Gasteiger partial charge in [0, 0.05) is 24.0 Å². The first-order valence-electron chi connectivity index (χ1n) is 8.48. The SMILES string of the molecule is Cc1ncc(CNc2ccc(C#N)cc2)c(C)c1Oc1cccc(C#N)c1. The maximum absolute atomic E-state index is 9.05. The molecule has 3 aromatic rings. The van der Waals surface area contributed by atoms with Crippen molar-refractivity contribution in [3.8, 4) is 23.6 Å². The van der Waals surface area contributed by atoms with Crippen LogP contribution >= 0.6 is 0 Å². The van der Waals surface area contributed by atoms with Gasteiger partial charge in [0.15, 0.2) is 5.75 Å². The molecule has 2 aromatic carbocycles. The number of anilines is 1. The molecule has 5 heteroatoms. The first kappa shape index (κ1) is 18.0. The highest BCUT2D eigenvalue weighted by Gasteiger charge is 2.12. The summed E-state index contributed by atoms with van der Waals surface area (Å²) in [5.41, 5.74) is 4.90. The second-order valence-corrected chi connectivity index (χ2v) is 6.11. The Hall–Kier alpha value is -3.83. The molecule has 0 bridgehead atoms. The van der Waals surface area contributed by atoms with Crippen molar-refractivity contribution in [2.75, 3.05) is 5.32 Å². The number of pyridine rings is 1. The zero-order valence-electron chi connectivity index (χ0n) is 15.2. The predicted molar refractivity (Wildman–Crippen MR) is 103 cm³/mol. The molecule has 0 aliphatic rings. The van der Waals surface area contributed by atoms with Gasteiger partial charge in [0.2, 0.25) is 0 Å². The van der Waals surface area contributed by atoms with Crippen LogP contribution < -0.4 is 10.1 Å². The van der Waals surface area contributed by atoms with Crippen LogP contribution in [0.5, 0.6) is 11.5 Å². The van der Waals surface area contributed by atoms with E-state index in [1.54, 1.807) is 30.3 Å². The van der Waals surface area contributed by atoms with Gasteiger partial charge in [-0.3, -0.25) is 4.98 Å². The first-order chi connectivity index (χ1) is 13.1. The van der Waals surface area contributed by atoms with E-state index in [2.05, 4.69) is 22.4 Å². The predicted octanol–water partition coefficient (Wildman–Crippen LogP) is 4.85. The lowest BCUT2D eigenvalue weighted by atomic mass is 10.1. The van der Waals surface area contributed by atoms with Gasteiger partial charge in [-0.15, -0.1) is 0 Å². The van der Waals surface area contributed by atoms with E-state index >= 15 is 0 Å². The molecule has 0 atom stereocenters. The van der Waals surface area contributed by atoms with Gasteiger partial charge in [0.1, 0.15) is 5.75 Å². The van der Waals surface area contributed by atoms with Crippen molar-refractivity contribution in [3.63, 3.8) is 0 Å². The van der Waals surface area contributed by atoms with Gasteiger partial charge in [-0.1, -0.05) is 6.07 Å². The number of benzene rings is 2. The number of hydrogen-bond donors (Lipinski definition) is 1. The van der Waals surface area contributed by atoms with Crippen molar-refractivity contribution in [1.29, 1.82) is 10.5 Å². The molecule has 0 unspecified atom stereocenters. The number of ether oxygens (including phenoxy) is 1. The lowest BCUT2D eigenvalue weighted by Crippen LogP contribution is -2.05. The summed E-state index contributed by atoms with van der Waals surface area (Å²) in [7, 11) is 0. The molecule has 5 nitrogen and oxygen atoms in total. The fourth-order valence-electron chi connectivity index (χ4n) is 2.68. The summed E-state index contributed by atoms with van der Waals surface area (Å²) < 4.78 is 6.03. The average Bonchev–Trinajstić information content (AvgIpc) is 2.71. The smallest absolute Gasteiger partial charge is 0.151 e. The van der Waals surface area contributed by atoms with Gasteiger partial charge in [0.25, 0.3) is 0 Å². The third-order valence-electron chi connectivity index (χ3n) is 4.24. The molecule has 1 N–H and O–H groups in total. The van der Waals surface area contributed by atoms with Crippen molar-refractivity contribution in [3.05, 3.63) is 82.7 Å². The topological polar surface area (TPSA) is 81.7 Å². The molecule has 0 aliphatic heterocycles. The summed E-state index contributed by atoms with van der Waals surface area (Å²) in [4.78, 5) is 4.45. The van der Waals surface area contributed by atoms with E-state index in [0.717, 1.165) is 22.5 Å². The first-order valence-corrected chi connectivity index (χ1v) is 8.48. The van der Waals surface area contributed by atoms with E-state index in [1.807, 2.05) is 38.2 Å². The van der Waals surface area contributed by atoms with Gasteiger partial charge in [-0.05, 0) is 61.9 Å². The second-order valence-electron chi connectivity index (χ2n) is 6.11.